The molecule has 1 fully saturated rings. The molecular weight excluding hydrogens is 224 g/mol. The number of ketones is 2. The second-order valence-electron chi connectivity index (χ2n) is 4.72. The number of hydrogen-bond donors (Lipinski definition) is 0. The van der Waals surface area contributed by atoms with Gasteiger partial charge in [0.15, 0.2) is 11.6 Å². The highest BCUT2D eigenvalue weighted by molar-refractivity contribution is 6.15. The predicted octanol–water partition coefficient (Wildman–Crippen LogP) is 3.42. The van der Waals surface area contributed by atoms with Crippen LogP contribution < -0.4 is 0 Å². The first-order valence-corrected chi connectivity index (χ1v) is 6.47. The maximum absolute atomic E-state index is 12.0. The lowest BCUT2D eigenvalue weighted by Gasteiger charge is -2.09. The van der Waals surface area contributed by atoms with E-state index in [2.05, 4.69) is 0 Å². The Bertz CT molecular complexity index is 481. The Kier molecular flexibility index (Phi) is 3.46. The Labute approximate surface area is 108 Å². The van der Waals surface area contributed by atoms with E-state index in [1.807, 2.05) is 50.3 Å². The lowest BCUT2D eigenvalue weighted by Crippen LogP contribution is -2.25. The molecule has 0 heterocycles. The minimum Gasteiger partial charge on any atom is -0.298 e. The molecule has 1 aliphatic rings. The summed E-state index contributed by atoms with van der Waals surface area (Å²) in [7, 11) is 0. The number of allylic oxidation sites excluding steroid dienone is 1. The summed E-state index contributed by atoms with van der Waals surface area (Å²) in [5, 5.41) is 0. The standard InChI is InChI=1S/C16H18O2/c1-3-14(17)16(15(18)4-2)11-13(16)10-12-8-6-5-7-9-12/h5-10H,3-4,11H2,1-2H3/b13-10-. The molecule has 18 heavy (non-hydrogen) atoms. The molecule has 0 saturated heterocycles. The Hall–Kier alpha value is -1.70. The van der Waals surface area contributed by atoms with Gasteiger partial charge in [-0.15, -0.1) is 0 Å². The van der Waals surface area contributed by atoms with Gasteiger partial charge in [0, 0.05) is 12.8 Å². The second kappa shape index (κ2) is 4.89. The van der Waals surface area contributed by atoms with Gasteiger partial charge in [-0.2, -0.15) is 0 Å². The topological polar surface area (TPSA) is 34.1 Å². The van der Waals surface area contributed by atoms with Gasteiger partial charge >= 0.3 is 0 Å². The average molecular weight is 242 g/mol. The summed E-state index contributed by atoms with van der Waals surface area (Å²) in [4.78, 5) is 24.1. The number of rotatable bonds is 5. The highest BCUT2D eigenvalue weighted by Gasteiger charge is 2.58. The van der Waals surface area contributed by atoms with Crippen molar-refractivity contribution in [3.05, 3.63) is 41.5 Å². The molecule has 2 heteroatoms. The fraction of sp³-hybridized carbons (Fsp3) is 0.375. The molecule has 0 spiro atoms. The third-order valence-electron chi connectivity index (χ3n) is 3.61. The van der Waals surface area contributed by atoms with Gasteiger partial charge in [-0.1, -0.05) is 50.3 Å². The van der Waals surface area contributed by atoms with Gasteiger partial charge in [0.2, 0.25) is 0 Å². The Morgan fingerprint density at radius 2 is 1.67 bits per heavy atom. The summed E-state index contributed by atoms with van der Waals surface area (Å²) >= 11 is 0. The Balaban J connectivity index is 2.31. The van der Waals surface area contributed by atoms with E-state index in [0.717, 1.165) is 11.1 Å². The van der Waals surface area contributed by atoms with Crippen LogP contribution in [-0.4, -0.2) is 11.6 Å². The van der Waals surface area contributed by atoms with Gasteiger partial charge in [-0.3, -0.25) is 9.59 Å². The molecule has 0 amide bonds. The van der Waals surface area contributed by atoms with Crippen LogP contribution >= 0.6 is 0 Å². The lowest BCUT2D eigenvalue weighted by molar-refractivity contribution is -0.133. The zero-order chi connectivity index (χ0) is 13.2. The maximum Gasteiger partial charge on any atom is 0.150 e. The lowest BCUT2D eigenvalue weighted by atomic mass is 9.90. The van der Waals surface area contributed by atoms with Crippen LogP contribution in [0, 0.1) is 5.41 Å². The second-order valence-corrected chi connectivity index (χ2v) is 4.72. The van der Waals surface area contributed by atoms with Crippen molar-refractivity contribution in [1.82, 2.24) is 0 Å². The van der Waals surface area contributed by atoms with Gasteiger partial charge in [0.05, 0.1) is 0 Å². The minimum absolute atomic E-state index is 0.0662. The summed E-state index contributed by atoms with van der Waals surface area (Å²) in [5.74, 6) is 0.132. The largest absolute Gasteiger partial charge is 0.298 e. The van der Waals surface area contributed by atoms with Crippen molar-refractivity contribution >= 4 is 17.6 Å². The van der Waals surface area contributed by atoms with Crippen LogP contribution in [0.15, 0.2) is 35.9 Å². The minimum atomic E-state index is -0.778. The summed E-state index contributed by atoms with van der Waals surface area (Å²) in [6.45, 7) is 3.65. The number of benzene rings is 1. The zero-order valence-corrected chi connectivity index (χ0v) is 10.9. The van der Waals surface area contributed by atoms with Crippen molar-refractivity contribution in [3.63, 3.8) is 0 Å². The SMILES string of the molecule is CCC(=O)C1(C(=O)CC)C/C1=C/c1ccccc1. The quantitative estimate of drug-likeness (QED) is 0.741. The molecule has 0 unspecified atom stereocenters. The predicted molar refractivity (Wildman–Crippen MR) is 72.1 cm³/mol. The van der Waals surface area contributed by atoms with Gasteiger partial charge < -0.3 is 0 Å². The monoisotopic (exact) mass is 242 g/mol. The first-order valence-electron chi connectivity index (χ1n) is 6.47. The number of carbonyl (C=O) groups excluding carboxylic acids is 2. The van der Waals surface area contributed by atoms with Crippen LogP contribution in [-0.2, 0) is 9.59 Å². The number of carbonyl (C=O) groups is 2. The molecule has 1 saturated carbocycles. The molecule has 2 nitrogen and oxygen atoms in total. The van der Waals surface area contributed by atoms with E-state index >= 15 is 0 Å². The van der Waals surface area contributed by atoms with E-state index in [1.165, 1.54) is 0 Å². The molecule has 2 rings (SSSR count). The summed E-state index contributed by atoms with van der Waals surface area (Å²) < 4.78 is 0. The van der Waals surface area contributed by atoms with Crippen LogP contribution in [0.5, 0.6) is 0 Å². The Morgan fingerprint density at radius 3 is 2.17 bits per heavy atom. The summed E-state index contributed by atoms with van der Waals surface area (Å²) in [5.41, 5.74) is 1.26. The first kappa shape index (κ1) is 12.7. The fourth-order valence-corrected chi connectivity index (χ4v) is 2.48. The maximum atomic E-state index is 12.0. The third kappa shape index (κ3) is 2.03. The van der Waals surface area contributed by atoms with E-state index in [4.69, 9.17) is 0 Å². The van der Waals surface area contributed by atoms with Crippen molar-refractivity contribution in [3.8, 4) is 0 Å². The fourth-order valence-electron chi connectivity index (χ4n) is 2.48. The molecule has 0 aliphatic heterocycles. The van der Waals surface area contributed by atoms with Crippen molar-refractivity contribution in [2.75, 3.05) is 0 Å². The third-order valence-corrected chi connectivity index (χ3v) is 3.61. The molecule has 0 bridgehead atoms. The van der Waals surface area contributed by atoms with Crippen molar-refractivity contribution in [2.45, 2.75) is 33.1 Å². The Morgan fingerprint density at radius 1 is 1.11 bits per heavy atom. The van der Waals surface area contributed by atoms with Crippen LogP contribution in [0.1, 0.15) is 38.7 Å². The number of Topliss-reactive ketones (excluding diaryl/α,β-unsaturated/α-hetero) is 2. The molecule has 0 N–H and O–H groups in total. The van der Waals surface area contributed by atoms with Gasteiger partial charge in [-0.25, -0.2) is 0 Å². The molecule has 0 radical (unpaired) electrons. The van der Waals surface area contributed by atoms with Crippen molar-refractivity contribution < 1.29 is 9.59 Å². The number of hydrogen-bond acceptors (Lipinski definition) is 2. The summed E-state index contributed by atoms with van der Waals surface area (Å²) in [6, 6.07) is 9.85. The van der Waals surface area contributed by atoms with Crippen LogP contribution in [0.2, 0.25) is 0 Å². The van der Waals surface area contributed by atoms with E-state index in [1.54, 1.807) is 0 Å². The highest BCUT2D eigenvalue weighted by atomic mass is 16.2. The van der Waals surface area contributed by atoms with Gasteiger partial charge in [0.1, 0.15) is 5.41 Å². The molecule has 1 aliphatic carbocycles. The first-order chi connectivity index (χ1) is 8.65. The smallest absolute Gasteiger partial charge is 0.150 e. The zero-order valence-electron chi connectivity index (χ0n) is 10.9. The molecule has 0 atom stereocenters. The van der Waals surface area contributed by atoms with Crippen LogP contribution in [0.4, 0.5) is 0 Å². The summed E-state index contributed by atoms with van der Waals surface area (Å²) in [6.07, 6.45) is 3.46. The molecule has 94 valence electrons. The van der Waals surface area contributed by atoms with Gasteiger partial charge in [0.25, 0.3) is 0 Å². The van der Waals surface area contributed by atoms with E-state index in [-0.39, 0.29) is 11.6 Å². The van der Waals surface area contributed by atoms with E-state index in [0.29, 0.717) is 19.3 Å². The molecule has 1 aromatic carbocycles. The van der Waals surface area contributed by atoms with Crippen LogP contribution in [0.25, 0.3) is 6.08 Å². The van der Waals surface area contributed by atoms with E-state index in [9.17, 15) is 9.59 Å². The molecule has 0 aromatic heterocycles. The average Bonchev–Trinajstić information content (AvgIpc) is 3.13. The van der Waals surface area contributed by atoms with Crippen molar-refractivity contribution in [2.24, 2.45) is 5.41 Å². The highest BCUT2D eigenvalue weighted by Crippen LogP contribution is 2.55. The molecule has 1 aromatic rings. The van der Waals surface area contributed by atoms with Crippen molar-refractivity contribution in [1.29, 1.82) is 0 Å². The van der Waals surface area contributed by atoms with Crippen LogP contribution in [0.3, 0.4) is 0 Å². The molecular formula is C16H18O2. The normalized spacial score (nSPS) is 18.7. The van der Waals surface area contributed by atoms with E-state index < -0.39 is 5.41 Å². The van der Waals surface area contributed by atoms with Gasteiger partial charge in [-0.05, 0) is 17.6 Å².